The normalized spacial score (nSPS) is 18.3. The maximum absolute atomic E-state index is 12.7. The second-order valence-electron chi connectivity index (χ2n) is 15.4. The average Bonchev–Trinajstić information content (AvgIpc) is 4.04. The molecule has 2 aromatic carbocycles. The zero-order valence-corrected chi connectivity index (χ0v) is 34.2. The van der Waals surface area contributed by atoms with Crippen LogP contribution in [0.1, 0.15) is 62.4 Å². The monoisotopic (exact) mass is 827 g/mol. The molecule has 300 valence electrons. The lowest BCUT2D eigenvalue weighted by atomic mass is 9.86. The van der Waals surface area contributed by atoms with Crippen LogP contribution in [0.3, 0.4) is 0 Å². The number of aliphatic carboxylic acids is 1. The van der Waals surface area contributed by atoms with Crippen molar-refractivity contribution in [3.63, 3.8) is 0 Å². The number of carbonyl (C=O) groups is 2. The zero-order valence-electron chi connectivity index (χ0n) is 32.6. The first kappa shape index (κ1) is 37.3. The maximum atomic E-state index is 12.7. The number of fused-ring (bicyclic) bond motifs is 8. The van der Waals surface area contributed by atoms with Crippen LogP contribution in [0.5, 0.6) is 11.5 Å². The van der Waals surface area contributed by atoms with Crippen LogP contribution >= 0.6 is 22.7 Å². The molecule has 4 aromatic heterocycles. The number of aromatic nitrogens is 4. The molecule has 5 aliphatic rings. The summed E-state index contributed by atoms with van der Waals surface area (Å²) in [7, 11) is 3.33. The molecule has 0 radical (unpaired) electrons. The number of anilines is 4. The Kier molecular flexibility index (Phi) is 9.67. The van der Waals surface area contributed by atoms with E-state index in [2.05, 4.69) is 46.6 Å². The lowest BCUT2D eigenvalue weighted by Gasteiger charge is -2.35. The van der Waals surface area contributed by atoms with Crippen molar-refractivity contribution in [1.29, 1.82) is 0 Å². The van der Waals surface area contributed by atoms with Gasteiger partial charge in [-0.25, -0.2) is 19.9 Å². The van der Waals surface area contributed by atoms with Gasteiger partial charge in [-0.15, -0.1) is 22.7 Å². The molecule has 1 amide bonds. The number of carboxylic acids is 1. The van der Waals surface area contributed by atoms with E-state index in [1.807, 2.05) is 35.5 Å². The summed E-state index contributed by atoms with van der Waals surface area (Å²) in [5, 5.41) is 18.3. The Labute approximate surface area is 347 Å². The van der Waals surface area contributed by atoms with Gasteiger partial charge < -0.3 is 30.1 Å². The molecule has 1 saturated heterocycles. The first-order valence-corrected chi connectivity index (χ1v) is 21.5. The van der Waals surface area contributed by atoms with E-state index >= 15 is 0 Å². The van der Waals surface area contributed by atoms with Crippen molar-refractivity contribution in [3.05, 3.63) is 80.1 Å². The number of carboxylic acid groups (broad SMARTS) is 1. The van der Waals surface area contributed by atoms with E-state index in [0.29, 0.717) is 31.8 Å². The highest BCUT2D eigenvalue weighted by Gasteiger charge is 2.34. The topological polar surface area (TPSA) is 176 Å². The predicted octanol–water partition coefficient (Wildman–Crippen LogP) is 7.28. The van der Waals surface area contributed by atoms with E-state index in [9.17, 15) is 14.7 Å². The van der Waals surface area contributed by atoms with Gasteiger partial charge in [-0.2, -0.15) is 0 Å². The number of hydrogen-bond acceptors (Lipinski definition) is 14. The summed E-state index contributed by atoms with van der Waals surface area (Å²) in [5.41, 5.74) is 8.65. The lowest BCUT2D eigenvalue weighted by Crippen LogP contribution is -2.46. The Morgan fingerprint density at radius 3 is 1.71 bits per heavy atom. The third kappa shape index (κ3) is 6.83. The van der Waals surface area contributed by atoms with Gasteiger partial charge in [-0.05, 0) is 103 Å². The van der Waals surface area contributed by atoms with Gasteiger partial charge in [0.25, 0.3) is 0 Å². The highest BCUT2D eigenvalue weighted by molar-refractivity contribution is 7.19. The van der Waals surface area contributed by atoms with Crippen molar-refractivity contribution in [2.75, 3.05) is 37.9 Å². The molecule has 1 fully saturated rings. The summed E-state index contributed by atoms with van der Waals surface area (Å²) in [4.78, 5) is 57.1. The molecule has 6 aromatic rings. The minimum Gasteiger partial charge on any atom is -0.495 e. The lowest BCUT2D eigenvalue weighted by molar-refractivity contribution is -0.142. The summed E-state index contributed by atoms with van der Waals surface area (Å²) in [6.07, 6.45) is 12.6. The standard InChI is InChI=1S/C23H23N5O2S.C20H18N4O3S/c1-30-18-8-15-11-24-10-14(15)7-17(18)27-21-20-16-4-3-13(23(29)28-5-2-6-28)9-19(16)31-22(20)26-12-25-21;1-27-15-5-12-8-21-7-11(12)4-14(15)24-18-17-13-3-2-10(20(25)26)6-16(13)28-19(17)23-9-22-18/h7-8,10,12-13H,2-6,9,11H2,1H3,(H,25,26,27);4-5,7,9-10H,2-3,6,8H2,1H3,(H,25,26)(H,22,23,24)/t13-;10-/m00/s1. The number of aliphatic imine (C=N–C) groups is 2. The fraction of sp³-hybridized carbons (Fsp3) is 0.349. The second-order valence-corrected chi connectivity index (χ2v) is 17.6. The minimum atomic E-state index is -0.725. The molecule has 14 nitrogen and oxygen atoms in total. The van der Waals surface area contributed by atoms with E-state index < -0.39 is 5.97 Å². The molecule has 59 heavy (non-hydrogen) atoms. The zero-order chi connectivity index (χ0) is 40.2. The minimum absolute atomic E-state index is 0.0984. The van der Waals surface area contributed by atoms with Gasteiger partial charge in [0.15, 0.2) is 0 Å². The number of rotatable bonds is 8. The Balaban J connectivity index is 0.000000143. The number of likely N-dealkylation sites (tertiary alicyclic amines) is 1. The van der Waals surface area contributed by atoms with Gasteiger partial charge in [-0.3, -0.25) is 19.6 Å². The van der Waals surface area contributed by atoms with Gasteiger partial charge in [0.1, 0.15) is 45.5 Å². The van der Waals surface area contributed by atoms with Crippen molar-refractivity contribution in [2.24, 2.45) is 21.8 Å². The number of nitrogens with zero attached hydrogens (tertiary/aromatic N) is 7. The number of thiophene rings is 2. The van der Waals surface area contributed by atoms with Crippen LogP contribution in [0, 0.1) is 11.8 Å². The summed E-state index contributed by atoms with van der Waals surface area (Å²) in [6.45, 7) is 3.20. The maximum Gasteiger partial charge on any atom is 0.306 e. The van der Waals surface area contributed by atoms with Gasteiger partial charge >= 0.3 is 5.97 Å². The van der Waals surface area contributed by atoms with Gasteiger partial charge in [0.05, 0.1) is 55.4 Å². The molecule has 0 unspecified atom stereocenters. The van der Waals surface area contributed by atoms with Crippen LogP contribution in [-0.2, 0) is 48.4 Å². The molecule has 7 heterocycles. The van der Waals surface area contributed by atoms with Crippen LogP contribution in [0.15, 0.2) is 46.9 Å². The Morgan fingerprint density at radius 2 is 1.24 bits per heavy atom. The molecular formula is C43H41N9O5S2. The van der Waals surface area contributed by atoms with Crippen molar-refractivity contribution in [3.8, 4) is 11.5 Å². The highest BCUT2D eigenvalue weighted by Crippen LogP contribution is 2.44. The molecule has 0 spiro atoms. The molecule has 11 rings (SSSR count). The first-order valence-electron chi connectivity index (χ1n) is 19.8. The third-order valence-corrected chi connectivity index (χ3v) is 14.3. The quantitative estimate of drug-likeness (QED) is 0.141. The summed E-state index contributed by atoms with van der Waals surface area (Å²) < 4.78 is 11.2. The molecule has 0 saturated carbocycles. The molecule has 2 atom stereocenters. The van der Waals surface area contributed by atoms with E-state index in [1.165, 1.54) is 21.6 Å². The van der Waals surface area contributed by atoms with E-state index in [4.69, 9.17) is 9.47 Å². The molecular weight excluding hydrogens is 787 g/mol. The Hall–Kier alpha value is -6.00. The van der Waals surface area contributed by atoms with Crippen molar-refractivity contribution in [2.45, 2.75) is 58.0 Å². The molecule has 0 bridgehead atoms. The first-order chi connectivity index (χ1) is 28.8. The van der Waals surface area contributed by atoms with Crippen LogP contribution in [0.2, 0.25) is 0 Å². The number of carbonyl (C=O) groups excluding carboxylic acids is 1. The average molecular weight is 828 g/mol. The fourth-order valence-electron chi connectivity index (χ4n) is 8.69. The molecule has 3 N–H and O–H groups in total. The second kappa shape index (κ2) is 15.3. The van der Waals surface area contributed by atoms with Gasteiger partial charge in [0.2, 0.25) is 5.91 Å². The van der Waals surface area contributed by atoms with E-state index in [1.54, 1.807) is 49.5 Å². The van der Waals surface area contributed by atoms with Crippen molar-refractivity contribution < 1.29 is 24.2 Å². The smallest absolute Gasteiger partial charge is 0.306 e. The number of nitrogens with one attached hydrogen (secondary N) is 2. The predicted molar refractivity (Wildman–Crippen MR) is 230 cm³/mol. The van der Waals surface area contributed by atoms with Crippen LogP contribution < -0.4 is 20.1 Å². The molecule has 3 aliphatic heterocycles. The van der Waals surface area contributed by atoms with Gasteiger partial charge in [-0.1, -0.05) is 0 Å². The SMILES string of the molecule is COc1cc2c(cc1Nc1ncnc3sc4c(c13)CC[C@H](C(=O)N1CCC1)C4)C=NC2.COc1cc2c(cc1Nc1ncnc3sc4c(c13)CC[C@H](C(=O)O)C4)C=NC2. The number of ether oxygens (including phenoxy) is 2. The summed E-state index contributed by atoms with van der Waals surface area (Å²) >= 11 is 3.27. The van der Waals surface area contributed by atoms with E-state index in [0.717, 1.165) is 122 Å². The molecule has 2 aliphatic carbocycles. The van der Waals surface area contributed by atoms with Crippen molar-refractivity contribution >= 4 is 90.4 Å². The number of amides is 1. The summed E-state index contributed by atoms with van der Waals surface area (Å²) in [6, 6.07) is 8.14. The number of methoxy groups -OCH3 is 2. The van der Waals surface area contributed by atoms with Gasteiger partial charge in [0, 0.05) is 41.2 Å². The largest absolute Gasteiger partial charge is 0.495 e. The van der Waals surface area contributed by atoms with Crippen LogP contribution in [0.4, 0.5) is 23.0 Å². The van der Waals surface area contributed by atoms with E-state index in [-0.39, 0.29) is 11.8 Å². The summed E-state index contributed by atoms with van der Waals surface area (Å²) in [5.74, 6) is 2.42. The fourth-order valence-corrected chi connectivity index (χ4v) is 11.2. The number of hydrogen-bond donors (Lipinski definition) is 3. The Morgan fingerprint density at radius 1 is 0.729 bits per heavy atom. The van der Waals surface area contributed by atoms with Crippen LogP contribution in [-0.4, -0.2) is 81.6 Å². The Bertz CT molecular complexity index is 2740. The number of benzene rings is 2. The van der Waals surface area contributed by atoms with Crippen LogP contribution in [0.25, 0.3) is 20.4 Å². The third-order valence-electron chi connectivity index (χ3n) is 12.0. The highest BCUT2D eigenvalue weighted by atomic mass is 32.1. The molecule has 16 heteroatoms. The number of aryl methyl sites for hydroxylation is 2. The van der Waals surface area contributed by atoms with Crippen molar-refractivity contribution in [1.82, 2.24) is 24.8 Å².